The molecule has 1 unspecified atom stereocenters. The fourth-order valence-corrected chi connectivity index (χ4v) is 5.34. The van der Waals surface area contributed by atoms with E-state index >= 15 is 0 Å². The summed E-state index contributed by atoms with van der Waals surface area (Å²) in [5.41, 5.74) is 4.13. The van der Waals surface area contributed by atoms with E-state index in [1.165, 1.54) is 49.0 Å². The standard InChI is InChI=1S/C26H34N2O2/c1-27-17-20-16-24(30-22-11-13-28(14-12-22)21-6-4-7-21)9-10-25(20)26(18-27)19-5-3-8-23(15-19)29-2/h3,5,8-10,15-16,21-22,26H,4,6-7,11-14,17-18H2,1-2H3. The minimum absolute atomic E-state index is 0.356. The van der Waals surface area contributed by atoms with Crippen LogP contribution in [0.2, 0.25) is 0 Å². The van der Waals surface area contributed by atoms with Crippen molar-refractivity contribution in [3.05, 3.63) is 59.2 Å². The zero-order chi connectivity index (χ0) is 20.5. The molecule has 1 saturated carbocycles. The molecule has 30 heavy (non-hydrogen) atoms. The number of hydrogen-bond acceptors (Lipinski definition) is 4. The van der Waals surface area contributed by atoms with Crippen LogP contribution in [0.25, 0.3) is 0 Å². The summed E-state index contributed by atoms with van der Waals surface area (Å²) in [5.74, 6) is 2.33. The number of piperidine rings is 1. The average molecular weight is 407 g/mol. The molecule has 5 rings (SSSR count). The smallest absolute Gasteiger partial charge is 0.120 e. The molecule has 2 aromatic carbocycles. The lowest BCUT2D eigenvalue weighted by molar-refractivity contribution is 0.0492. The molecule has 0 radical (unpaired) electrons. The van der Waals surface area contributed by atoms with Crippen LogP contribution in [0.4, 0.5) is 0 Å². The molecule has 2 heterocycles. The molecule has 4 nitrogen and oxygen atoms in total. The maximum atomic E-state index is 6.45. The minimum Gasteiger partial charge on any atom is -0.497 e. The van der Waals surface area contributed by atoms with Gasteiger partial charge in [0.25, 0.3) is 0 Å². The van der Waals surface area contributed by atoms with Gasteiger partial charge in [-0.15, -0.1) is 0 Å². The van der Waals surface area contributed by atoms with E-state index in [9.17, 15) is 0 Å². The van der Waals surface area contributed by atoms with E-state index in [0.717, 1.165) is 43.5 Å². The molecule has 2 fully saturated rings. The van der Waals surface area contributed by atoms with Crippen molar-refractivity contribution in [2.45, 2.75) is 56.7 Å². The van der Waals surface area contributed by atoms with Crippen LogP contribution in [0.1, 0.15) is 54.7 Å². The maximum Gasteiger partial charge on any atom is 0.120 e. The minimum atomic E-state index is 0.356. The number of hydrogen-bond donors (Lipinski definition) is 0. The fraction of sp³-hybridized carbons (Fsp3) is 0.538. The highest BCUT2D eigenvalue weighted by atomic mass is 16.5. The first kappa shape index (κ1) is 19.9. The van der Waals surface area contributed by atoms with Gasteiger partial charge in [-0.05, 0) is 73.7 Å². The first-order valence-corrected chi connectivity index (χ1v) is 11.6. The Labute approximate surface area is 180 Å². The normalized spacial score (nSPS) is 23.6. The molecule has 160 valence electrons. The van der Waals surface area contributed by atoms with E-state index in [1.807, 2.05) is 6.07 Å². The van der Waals surface area contributed by atoms with Gasteiger partial charge < -0.3 is 19.3 Å². The topological polar surface area (TPSA) is 24.9 Å². The predicted molar refractivity (Wildman–Crippen MR) is 120 cm³/mol. The Morgan fingerprint density at radius 2 is 1.77 bits per heavy atom. The summed E-state index contributed by atoms with van der Waals surface area (Å²) in [6.07, 6.45) is 6.88. The first-order chi connectivity index (χ1) is 14.7. The summed E-state index contributed by atoms with van der Waals surface area (Å²) in [5, 5.41) is 0. The highest BCUT2D eigenvalue weighted by Crippen LogP contribution is 2.36. The van der Waals surface area contributed by atoms with Gasteiger partial charge in [0.15, 0.2) is 0 Å². The van der Waals surface area contributed by atoms with Gasteiger partial charge in [0, 0.05) is 38.1 Å². The Morgan fingerprint density at radius 1 is 0.933 bits per heavy atom. The second-order valence-electron chi connectivity index (χ2n) is 9.32. The lowest BCUT2D eigenvalue weighted by Crippen LogP contribution is -2.46. The van der Waals surface area contributed by atoms with Gasteiger partial charge in [-0.25, -0.2) is 0 Å². The molecule has 2 aliphatic heterocycles. The molecule has 1 atom stereocenters. The van der Waals surface area contributed by atoms with E-state index in [2.05, 4.69) is 53.2 Å². The van der Waals surface area contributed by atoms with Gasteiger partial charge >= 0.3 is 0 Å². The van der Waals surface area contributed by atoms with Crippen LogP contribution in [0, 0.1) is 0 Å². The quantitative estimate of drug-likeness (QED) is 0.721. The molecular weight excluding hydrogens is 372 g/mol. The number of likely N-dealkylation sites (N-methyl/N-ethyl adjacent to an activating group) is 1. The number of nitrogens with zero attached hydrogens (tertiary/aromatic N) is 2. The molecule has 0 N–H and O–H groups in total. The fourth-order valence-electron chi connectivity index (χ4n) is 5.34. The van der Waals surface area contributed by atoms with Gasteiger partial charge in [0.1, 0.15) is 17.6 Å². The number of fused-ring (bicyclic) bond motifs is 1. The van der Waals surface area contributed by atoms with Crippen LogP contribution in [-0.4, -0.2) is 55.7 Å². The molecule has 0 bridgehead atoms. The third kappa shape index (κ3) is 4.08. The van der Waals surface area contributed by atoms with Crippen LogP contribution in [-0.2, 0) is 6.54 Å². The van der Waals surface area contributed by atoms with Gasteiger partial charge in [-0.1, -0.05) is 24.6 Å². The zero-order valence-electron chi connectivity index (χ0n) is 18.3. The van der Waals surface area contributed by atoms with Gasteiger partial charge in [-0.3, -0.25) is 0 Å². The van der Waals surface area contributed by atoms with E-state index in [1.54, 1.807) is 7.11 Å². The predicted octanol–water partition coefficient (Wildman–Crippen LogP) is 4.67. The second kappa shape index (κ2) is 8.60. The number of methoxy groups -OCH3 is 1. The highest BCUT2D eigenvalue weighted by Gasteiger charge is 2.30. The van der Waals surface area contributed by atoms with Crippen LogP contribution >= 0.6 is 0 Å². The van der Waals surface area contributed by atoms with E-state index in [4.69, 9.17) is 9.47 Å². The largest absolute Gasteiger partial charge is 0.497 e. The summed E-state index contributed by atoms with van der Waals surface area (Å²) in [7, 11) is 3.94. The summed E-state index contributed by atoms with van der Waals surface area (Å²) in [4.78, 5) is 5.09. The SMILES string of the molecule is COc1cccc(C2CN(C)Cc3cc(OC4CCN(C5CCC5)CC4)ccc32)c1. The maximum absolute atomic E-state index is 6.45. The molecule has 1 saturated heterocycles. The van der Waals surface area contributed by atoms with E-state index < -0.39 is 0 Å². The Morgan fingerprint density at radius 3 is 2.50 bits per heavy atom. The van der Waals surface area contributed by atoms with Crippen LogP contribution in [0.5, 0.6) is 11.5 Å². The van der Waals surface area contributed by atoms with Crippen molar-refractivity contribution in [2.24, 2.45) is 0 Å². The monoisotopic (exact) mass is 406 g/mol. The molecule has 0 spiro atoms. The summed E-state index contributed by atoms with van der Waals surface area (Å²) < 4.78 is 11.9. The van der Waals surface area contributed by atoms with E-state index in [-0.39, 0.29) is 0 Å². The van der Waals surface area contributed by atoms with Crippen molar-refractivity contribution in [2.75, 3.05) is 33.8 Å². The van der Waals surface area contributed by atoms with Crippen molar-refractivity contribution in [1.29, 1.82) is 0 Å². The molecule has 0 aromatic heterocycles. The molecule has 1 aliphatic carbocycles. The second-order valence-corrected chi connectivity index (χ2v) is 9.32. The summed E-state index contributed by atoms with van der Waals surface area (Å²) in [6, 6.07) is 16.1. The van der Waals surface area contributed by atoms with Crippen LogP contribution < -0.4 is 9.47 Å². The molecule has 3 aliphatic rings. The summed E-state index contributed by atoms with van der Waals surface area (Å²) >= 11 is 0. The molecule has 2 aromatic rings. The van der Waals surface area contributed by atoms with Crippen molar-refractivity contribution in [3.8, 4) is 11.5 Å². The highest BCUT2D eigenvalue weighted by molar-refractivity contribution is 5.45. The summed E-state index contributed by atoms with van der Waals surface area (Å²) in [6.45, 7) is 4.40. The molecular formula is C26H34N2O2. The average Bonchev–Trinajstić information content (AvgIpc) is 2.73. The lowest BCUT2D eigenvalue weighted by atomic mass is 9.84. The van der Waals surface area contributed by atoms with Crippen molar-refractivity contribution >= 4 is 0 Å². The third-order valence-electron chi connectivity index (χ3n) is 7.29. The van der Waals surface area contributed by atoms with Gasteiger partial charge in [0.05, 0.1) is 7.11 Å². The number of benzene rings is 2. The Kier molecular flexibility index (Phi) is 5.70. The van der Waals surface area contributed by atoms with Crippen LogP contribution in [0.3, 0.4) is 0 Å². The van der Waals surface area contributed by atoms with Crippen LogP contribution in [0.15, 0.2) is 42.5 Å². The number of likely N-dealkylation sites (tertiary alicyclic amines) is 1. The van der Waals surface area contributed by atoms with E-state index in [0.29, 0.717) is 12.0 Å². The first-order valence-electron chi connectivity index (χ1n) is 11.6. The molecule has 4 heteroatoms. The lowest BCUT2D eigenvalue weighted by Gasteiger charge is -2.41. The number of rotatable bonds is 5. The van der Waals surface area contributed by atoms with Gasteiger partial charge in [0.2, 0.25) is 0 Å². The van der Waals surface area contributed by atoms with Crippen molar-refractivity contribution < 1.29 is 9.47 Å². The Hall–Kier alpha value is -2.04. The Balaban J connectivity index is 1.30. The zero-order valence-corrected chi connectivity index (χ0v) is 18.3. The Bertz CT molecular complexity index is 871. The van der Waals surface area contributed by atoms with Crippen molar-refractivity contribution in [3.63, 3.8) is 0 Å². The van der Waals surface area contributed by atoms with Crippen molar-refractivity contribution in [1.82, 2.24) is 9.80 Å². The molecule has 0 amide bonds. The number of ether oxygens (including phenoxy) is 2. The van der Waals surface area contributed by atoms with Gasteiger partial charge in [-0.2, -0.15) is 0 Å². The third-order valence-corrected chi connectivity index (χ3v) is 7.29.